The molecule has 0 radical (unpaired) electrons. The number of hydrogen-bond acceptors (Lipinski definition) is 4. The Balaban J connectivity index is 1.70. The van der Waals surface area contributed by atoms with E-state index < -0.39 is 5.91 Å². The molecule has 0 aliphatic heterocycles. The van der Waals surface area contributed by atoms with E-state index in [1.807, 2.05) is 0 Å². The normalized spacial score (nSPS) is 10.1. The largest absolute Gasteiger partial charge is 0.497 e. The summed E-state index contributed by atoms with van der Waals surface area (Å²) < 4.78 is 5.08. The molecule has 6 nitrogen and oxygen atoms in total. The van der Waals surface area contributed by atoms with E-state index in [1.165, 1.54) is 18.3 Å². The molecule has 0 saturated carbocycles. The second kappa shape index (κ2) is 8.33. The number of ether oxygens (including phenoxy) is 1. The second-order valence-corrected chi connectivity index (χ2v) is 6.01. The van der Waals surface area contributed by atoms with Crippen LogP contribution in [0.3, 0.4) is 0 Å². The molecule has 0 fully saturated rings. The van der Waals surface area contributed by atoms with Gasteiger partial charge in [-0.3, -0.25) is 14.6 Å². The number of amides is 2. The van der Waals surface area contributed by atoms with Gasteiger partial charge in [-0.25, -0.2) is 0 Å². The van der Waals surface area contributed by atoms with Crippen molar-refractivity contribution in [3.63, 3.8) is 0 Å². The summed E-state index contributed by atoms with van der Waals surface area (Å²) in [5.41, 5.74) is 1.65. The van der Waals surface area contributed by atoms with Gasteiger partial charge in [0.2, 0.25) is 0 Å². The van der Waals surface area contributed by atoms with Gasteiger partial charge >= 0.3 is 0 Å². The van der Waals surface area contributed by atoms with Crippen molar-refractivity contribution in [2.45, 2.75) is 0 Å². The van der Waals surface area contributed by atoms with Gasteiger partial charge in [0, 0.05) is 28.2 Å². The molecular formula is C20H16ClN3O3. The first-order valence-corrected chi connectivity index (χ1v) is 8.41. The number of carbonyl (C=O) groups excluding carboxylic acids is 2. The zero-order valence-corrected chi connectivity index (χ0v) is 15.2. The minimum Gasteiger partial charge on any atom is -0.497 e. The second-order valence-electron chi connectivity index (χ2n) is 5.57. The first-order valence-electron chi connectivity index (χ1n) is 8.03. The SMILES string of the molecule is COc1ccc(NC(=O)c2cc(C(=O)Nc3ccc(Cl)cc3)ccn2)cc1. The molecule has 27 heavy (non-hydrogen) atoms. The van der Waals surface area contributed by atoms with Crippen LogP contribution in [0.2, 0.25) is 5.02 Å². The quantitative estimate of drug-likeness (QED) is 0.692. The van der Waals surface area contributed by atoms with Crippen LogP contribution in [-0.4, -0.2) is 23.9 Å². The smallest absolute Gasteiger partial charge is 0.274 e. The highest BCUT2D eigenvalue weighted by Gasteiger charge is 2.12. The first-order chi connectivity index (χ1) is 13.0. The lowest BCUT2D eigenvalue weighted by molar-refractivity contribution is 0.102. The summed E-state index contributed by atoms with van der Waals surface area (Å²) in [5.74, 6) is -0.0773. The molecule has 3 rings (SSSR count). The molecule has 0 atom stereocenters. The van der Waals surface area contributed by atoms with E-state index >= 15 is 0 Å². The van der Waals surface area contributed by atoms with Gasteiger partial charge in [0.15, 0.2) is 0 Å². The summed E-state index contributed by atoms with van der Waals surface area (Å²) >= 11 is 5.83. The number of carbonyl (C=O) groups is 2. The number of hydrogen-bond donors (Lipinski definition) is 2. The van der Waals surface area contributed by atoms with Gasteiger partial charge in [-0.1, -0.05) is 11.6 Å². The number of methoxy groups -OCH3 is 1. The van der Waals surface area contributed by atoms with Crippen LogP contribution in [0, 0.1) is 0 Å². The van der Waals surface area contributed by atoms with Gasteiger partial charge in [-0.2, -0.15) is 0 Å². The van der Waals surface area contributed by atoms with Crippen molar-refractivity contribution >= 4 is 34.8 Å². The fraction of sp³-hybridized carbons (Fsp3) is 0.0500. The Morgan fingerprint density at radius 2 is 1.48 bits per heavy atom. The molecule has 0 aliphatic rings. The molecule has 1 aromatic heterocycles. The minimum atomic E-state index is -0.415. The molecule has 2 N–H and O–H groups in total. The fourth-order valence-electron chi connectivity index (χ4n) is 2.30. The Kier molecular flexibility index (Phi) is 5.68. The van der Waals surface area contributed by atoms with Gasteiger partial charge in [0.05, 0.1) is 7.11 Å². The maximum absolute atomic E-state index is 12.4. The van der Waals surface area contributed by atoms with Crippen LogP contribution in [0.25, 0.3) is 0 Å². The van der Waals surface area contributed by atoms with E-state index in [1.54, 1.807) is 55.6 Å². The number of pyridine rings is 1. The van der Waals surface area contributed by atoms with Crippen LogP contribution in [0.5, 0.6) is 5.75 Å². The average Bonchev–Trinajstić information content (AvgIpc) is 2.70. The van der Waals surface area contributed by atoms with Crippen molar-refractivity contribution in [2.75, 3.05) is 17.7 Å². The van der Waals surface area contributed by atoms with Crippen molar-refractivity contribution in [1.82, 2.24) is 4.98 Å². The molecule has 1 heterocycles. The molecule has 136 valence electrons. The van der Waals surface area contributed by atoms with Crippen LogP contribution >= 0.6 is 11.6 Å². The van der Waals surface area contributed by atoms with Gasteiger partial charge in [0.25, 0.3) is 11.8 Å². The molecule has 2 amide bonds. The monoisotopic (exact) mass is 381 g/mol. The van der Waals surface area contributed by atoms with Gasteiger partial charge in [-0.05, 0) is 60.7 Å². The fourth-order valence-corrected chi connectivity index (χ4v) is 2.43. The zero-order chi connectivity index (χ0) is 19.2. The number of benzene rings is 2. The number of nitrogens with zero attached hydrogens (tertiary/aromatic N) is 1. The third kappa shape index (κ3) is 4.83. The summed E-state index contributed by atoms with van der Waals surface area (Å²) in [4.78, 5) is 28.8. The molecule has 3 aromatic rings. The summed E-state index contributed by atoms with van der Waals surface area (Å²) in [7, 11) is 1.57. The maximum atomic E-state index is 12.4. The van der Waals surface area contributed by atoms with Crippen molar-refractivity contribution < 1.29 is 14.3 Å². The number of nitrogens with one attached hydrogen (secondary N) is 2. The van der Waals surface area contributed by atoms with Crippen molar-refractivity contribution in [3.05, 3.63) is 83.1 Å². The highest BCUT2D eigenvalue weighted by Crippen LogP contribution is 2.17. The summed E-state index contributed by atoms with van der Waals surface area (Å²) in [6.07, 6.45) is 1.42. The average molecular weight is 382 g/mol. The zero-order valence-electron chi connectivity index (χ0n) is 14.4. The number of halogens is 1. The summed E-state index contributed by atoms with van der Waals surface area (Å²) in [5, 5.41) is 6.05. The van der Waals surface area contributed by atoms with Crippen LogP contribution < -0.4 is 15.4 Å². The Hall–Kier alpha value is -3.38. The summed E-state index contributed by atoms with van der Waals surface area (Å²) in [6.45, 7) is 0. The van der Waals surface area contributed by atoms with Crippen molar-refractivity contribution in [2.24, 2.45) is 0 Å². The van der Waals surface area contributed by atoms with Crippen LogP contribution in [0.1, 0.15) is 20.8 Å². The van der Waals surface area contributed by atoms with Crippen molar-refractivity contribution in [1.29, 1.82) is 0 Å². The number of rotatable bonds is 5. The maximum Gasteiger partial charge on any atom is 0.274 e. The third-order valence-electron chi connectivity index (χ3n) is 3.70. The molecule has 0 spiro atoms. The predicted octanol–water partition coefficient (Wildman–Crippen LogP) is 4.25. The van der Waals surface area contributed by atoms with E-state index in [-0.39, 0.29) is 11.6 Å². The molecule has 0 unspecified atom stereocenters. The van der Waals surface area contributed by atoms with E-state index in [0.29, 0.717) is 27.7 Å². The lowest BCUT2D eigenvalue weighted by Gasteiger charge is -2.08. The van der Waals surface area contributed by atoms with Crippen LogP contribution in [-0.2, 0) is 0 Å². The standard InChI is InChI=1S/C20H16ClN3O3/c1-27-17-8-6-16(7-9-17)24-20(26)18-12-13(10-11-22-18)19(25)23-15-4-2-14(21)3-5-15/h2-12H,1H3,(H,23,25)(H,24,26). The lowest BCUT2D eigenvalue weighted by Crippen LogP contribution is -2.17. The molecule has 0 bridgehead atoms. The Morgan fingerprint density at radius 3 is 2.11 bits per heavy atom. The highest BCUT2D eigenvalue weighted by molar-refractivity contribution is 6.30. The first kappa shape index (κ1) is 18.4. The highest BCUT2D eigenvalue weighted by atomic mass is 35.5. The van der Waals surface area contributed by atoms with E-state index in [0.717, 1.165) is 0 Å². The minimum absolute atomic E-state index is 0.134. The van der Waals surface area contributed by atoms with E-state index in [9.17, 15) is 9.59 Å². The van der Waals surface area contributed by atoms with Gasteiger partial charge in [-0.15, -0.1) is 0 Å². The Labute approximate surface area is 161 Å². The number of anilines is 2. The lowest BCUT2D eigenvalue weighted by atomic mass is 10.2. The molecule has 7 heteroatoms. The molecule has 0 aliphatic carbocycles. The number of aromatic nitrogens is 1. The van der Waals surface area contributed by atoms with Crippen LogP contribution in [0.15, 0.2) is 66.9 Å². The predicted molar refractivity (Wildman–Crippen MR) is 105 cm³/mol. The molecule has 0 saturated heterocycles. The van der Waals surface area contributed by atoms with Crippen LogP contribution in [0.4, 0.5) is 11.4 Å². The Bertz CT molecular complexity index is 957. The van der Waals surface area contributed by atoms with E-state index in [2.05, 4.69) is 15.6 Å². The van der Waals surface area contributed by atoms with Gasteiger partial charge < -0.3 is 15.4 Å². The third-order valence-corrected chi connectivity index (χ3v) is 3.96. The van der Waals surface area contributed by atoms with Gasteiger partial charge in [0.1, 0.15) is 11.4 Å². The van der Waals surface area contributed by atoms with E-state index in [4.69, 9.17) is 16.3 Å². The molecular weight excluding hydrogens is 366 g/mol. The molecule has 2 aromatic carbocycles. The summed E-state index contributed by atoms with van der Waals surface area (Å²) in [6, 6.07) is 16.6. The topological polar surface area (TPSA) is 80.3 Å². The van der Waals surface area contributed by atoms with Crippen molar-refractivity contribution in [3.8, 4) is 5.75 Å². The Morgan fingerprint density at radius 1 is 0.889 bits per heavy atom.